The third-order valence-corrected chi connectivity index (χ3v) is 6.35. The van der Waals surface area contributed by atoms with Gasteiger partial charge in [-0.3, -0.25) is 4.79 Å². The molecule has 9 heteroatoms. The molecule has 104 valence electrons. The predicted molar refractivity (Wildman–Crippen MR) is 74.2 cm³/mol. The van der Waals surface area contributed by atoms with Crippen molar-refractivity contribution in [2.24, 2.45) is 0 Å². The van der Waals surface area contributed by atoms with Crippen molar-refractivity contribution < 1.29 is 18.3 Å². The fourth-order valence-corrected chi connectivity index (χ4v) is 5.53. The molecule has 1 aliphatic heterocycles. The number of halogens is 2. The Kier molecular flexibility index (Phi) is 4.32. The Morgan fingerprint density at radius 3 is 2.74 bits per heavy atom. The molecule has 19 heavy (non-hydrogen) atoms. The summed E-state index contributed by atoms with van der Waals surface area (Å²) in [5.41, 5.74) is 0. The molecule has 1 heterocycles. The van der Waals surface area contributed by atoms with E-state index in [1.54, 1.807) is 0 Å². The van der Waals surface area contributed by atoms with Crippen LogP contribution in [0.4, 0.5) is 0 Å². The Balaban J connectivity index is 2.48. The summed E-state index contributed by atoms with van der Waals surface area (Å²) in [5, 5.41) is 9.28. The number of aliphatic carboxylic acids is 1. The molecule has 1 saturated heterocycles. The van der Waals surface area contributed by atoms with Gasteiger partial charge in [0.05, 0.1) is 10.9 Å². The molecule has 2 rings (SSSR count). The predicted octanol–water partition coefficient (Wildman–Crippen LogP) is 2.14. The van der Waals surface area contributed by atoms with Crippen LogP contribution in [0.25, 0.3) is 0 Å². The van der Waals surface area contributed by atoms with Gasteiger partial charge in [0.2, 0.25) is 10.0 Å². The molecule has 0 bridgehead atoms. The molecular formula is C10H9Cl2NO4S2. The van der Waals surface area contributed by atoms with E-state index in [2.05, 4.69) is 0 Å². The smallest absolute Gasteiger partial charge is 0.322 e. The molecule has 1 N–H and O–H groups in total. The van der Waals surface area contributed by atoms with Crippen LogP contribution in [-0.2, 0) is 14.8 Å². The van der Waals surface area contributed by atoms with Crippen LogP contribution in [0.3, 0.4) is 0 Å². The summed E-state index contributed by atoms with van der Waals surface area (Å²) in [4.78, 5) is 10.9. The first kappa shape index (κ1) is 14.9. The quantitative estimate of drug-likeness (QED) is 0.911. The second kappa shape index (κ2) is 5.49. The van der Waals surface area contributed by atoms with Gasteiger partial charge in [0.15, 0.2) is 0 Å². The Morgan fingerprint density at radius 1 is 1.42 bits per heavy atom. The number of benzene rings is 1. The summed E-state index contributed by atoms with van der Waals surface area (Å²) in [5.74, 6) is -0.874. The van der Waals surface area contributed by atoms with Crippen molar-refractivity contribution in [3.8, 4) is 0 Å². The average molecular weight is 342 g/mol. The zero-order valence-corrected chi connectivity index (χ0v) is 12.6. The number of carboxylic acid groups (broad SMARTS) is 1. The highest BCUT2D eigenvalue weighted by Gasteiger charge is 2.40. The third-order valence-electron chi connectivity index (χ3n) is 2.61. The SMILES string of the molecule is O=C(O)C1CSCN1S(=O)(=O)c1cc(Cl)ccc1Cl. The monoisotopic (exact) mass is 341 g/mol. The summed E-state index contributed by atoms with van der Waals surface area (Å²) in [7, 11) is -3.97. The van der Waals surface area contributed by atoms with Crippen LogP contribution in [0.5, 0.6) is 0 Å². The van der Waals surface area contributed by atoms with Crippen LogP contribution in [0.15, 0.2) is 23.1 Å². The summed E-state index contributed by atoms with van der Waals surface area (Å²) in [6.07, 6.45) is 0. The molecule has 1 aromatic carbocycles. The number of carbonyl (C=O) groups is 1. The lowest BCUT2D eigenvalue weighted by atomic mass is 10.3. The number of thioether (sulfide) groups is 1. The molecular weight excluding hydrogens is 333 g/mol. The van der Waals surface area contributed by atoms with Gasteiger partial charge >= 0.3 is 5.97 Å². The van der Waals surface area contributed by atoms with E-state index in [0.717, 1.165) is 4.31 Å². The maximum absolute atomic E-state index is 12.4. The molecule has 0 radical (unpaired) electrons. The third kappa shape index (κ3) is 2.85. The lowest BCUT2D eigenvalue weighted by molar-refractivity contribution is -0.140. The van der Waals surface area contributed by atoms with Gasteiger partial charge < -0.3 is 5.11 Å². The van der Waals surface area contributed by atoms with Crippen LogP contribution in [0.2, 0.25) is 10.0 Å². The summed E-state index contributed by atoms with van der Waals surface area (Å²) >= 11 is 12.9. The first-order chi connectivity index (χ1) is 8.84. The Hall–Kier alpha value is -0.470. The molecule has 0 aliphatic carbocycles. The first-order valence-electron chi connectivity index (χ1n) is 5.11. The van der Waals surface area contributed by atoms with E-state index in [1.165, 1.54) is 30.0 Å². The molecule has 1 atom stereocenters. The van der Waals surface area contributed by atoms with Crippen molar-refractivity contribution in [1.29, 1.82) is 0 Å². The van der Waals surface area contributed by atoms with Crippen LogP contribution in [0, 0.1) is 0 Å². The van der Waals surface area contributed by atoms with Crippen molar-refractivity contribution in [2.75, 3.05) is 11.6 Å². The highest BCUT2D eigenvalue weighted by Crippen LogP contribution is 2.33. The zero-order valence-electron chi connectivity index (χ0n) is 9.42. The molecule has 0 aromatic heterocycles. The fourth-order valence-electron chi connectivity index (χ4n) is 1.66. The number of hydrogen-bond acceptors (Lipinski definition) is 4. The summed E-state index contributed by atoms with van der Waals surface area (Å²) < 4.78 is 25.8. The van der Waals surface area contributed by atoms with Crippen molar-refractivity contribution >= 4 is 51.0 Å². The molecule has 5 nitrogen and oxygen atoms in total. The van der Waals surface area contributed by atoms with Gasteiger partial charge in [-0.25, -0.2) is 8.42 Å². The molecule has 1 unspecified atom stereocenters. The van der Waals surface area contributed by atoms with Gasteiger partial charge in [0, 0.05) is 10.8 Å². The molecule has 1 aromatic rings. The first-order valence-corrected chi connectivity index (χ1v) is 8.46. The van der Waals surface area contributed by atoms with E-state index in [0.29, 0.717) is 0 Å². The van der Waals surface area contributed by atoms with E-state index in [4.69, 9.17) is 28.3 Å². The van der Waals surface area contributed by atoms with Gasteiger partial charge in [-0.15, -0.1) is 11.8 Å². The normalized spacial score (nSPS) is 20.6. The van der Waals surface area contributed by atoms with Crippen molar-refractivity contribution in [2.45, 2.75) is 10.9 Å². The van der Waals surface area contributed by atoms with Crippen molar-refractivity contribution in [3.63, 3.8) is 0 Å². The van der Waals surface area contributed by atoms with Gasteiger partial charge in [-0.05, 0) is 18.2 Å². The standard InChI is InChI=1S/C10H9Cl2NO4S2/c11-6-1-2-7(12)9(3-6)19(16,17)13-5-18-4-8(13)10(14)15/h1-3,8H,4-5H2,(H,14,15). The lowest BCUT2D eigenvalue weighted by Crippen LogP contribution is -2.41. The number of carboxylic acids is 1. The second-order valence-corrected chi connectivity index (χ2v) is 7.52. The minimum Gasteiger partial charge on any atom is -0.480 e. The molecule has 0 spiro atoms. The van der Waals surface area contributed by atoms with E-state index >= 15 is 0 Å². The number of sulfonamides is 1. The Bertz CT molecular complexity index is 620. The Labute approximate surface area is 124 Å². The fraction of sp³-hybridized carbons (Fsp3) is 0.300. The largest absolute Gasteiger partial charge is 0.480 e. The van der Waals surface area contributed by atoms with Gasteiger partial charge in [0.1, 0.15) is 10.9 Å². The number of nitrogens with zero attached hydrogens (tertiary/aromatic N) is 1. The summed E-state index contributed by atoms with van der Waals surface area (Å²) in [6.45, 7) is 0. The maximum atomic E-state index is 12.4. The minimum atomic E-state index is -3.97. The van der Waals surface area contributed by atoms with E-state index in [-0.39, 0.29) is 26.6 Å². The van der Waals surface area contributed by atoms with Gasteiger partial charge in [-0.1, -0.05) is 23.2 Å². The highest BCUT2D eigenvalue weighted by atomic mass is 35.5. The Morgan fingerprint density at radius 2 is 2.11 bits per heavy atom. The average Bonchev–Trinajstić information content (AvgIpc) is 2.82. The van der Waals surface area contributed by atoms with Gasteiger partial charge in [-0.2, -0.15) is 4.31 Å². The van der Waals surface area contributed by atoms with Crippen LogP contribution >= 0.6 is 35.0 Å². The lowest BCUT2D eigenvalue weighted by Gasteiger charge is -2.20. The molecule has 1 aliphatic rings. The van der Waals surface area contributed by atoms with Gasteiger partial charge in [0.25, 0.3) is 0 Å². The topological polar surface area (TPSA) is 74.7 Å². The second-order valence-electron chi connectivity index (χ2n) is 3.82. The van der Waals surface area contributed by atoms with Crippen molar-refractivity contribution in [1.82, 2.24) is 4.31 Å². The zero-order chi connectivity index (χ0) is 14.2. The molecule has 0 amide bonds. The van der Waals surface area contributed by atoms with E-state index < -0.39 is 22.0 Å². The highest BCUT2D eigenvalue weighted by molar-refractivity contribution is 8.00. The van der Waals surface area contributed by atoms with E-state index in [1.807, 2.05) is 0 Å². The van der Waals surface area contributed by atoms with Crippen molar-refractivity contribution in [3.05, 3.63) is 28.2 Å². The van der Waals surface area contributed by atoms with E-state index in [9.17, 15) is 13.2 Å². The van der Waals surface area contributed by atoms with Crippen LogP contribution in [0.1, 0.15) is 0 Å². The maximum Gasteiger partial charge on any atom is 0.322 e. The molecule has 1 fully saturated rings. The van der Waals surface area contributed by atoms with Crippen LogP contribution < -0.4 is 0 Å². The number of hydrogen-bond donors (Lipinski definition) is 1. The number of rotatable bonds is 3. The molecule has 0 saturated carbocycles. The minimum absolute atomic E-state index is 0.0189. The summed E-state index contributed by atoms with van der Waals surface area (Å²) in [6, 6.07) is 2.98. The van der Waals surface area contributed by atoms with Crippen LogP contribution in [-0.4, -0.2) is 41.5 Å².